The maximum atomic E-state index is 12.7. The third-order valence-corrected chi connectivity index (χ3v) is 13.7. The number of aliphatic carboxylic acids is 1. The summed E-state index contributed by atoms with van der Waals surface area (Å²) < 4.78 is 32.9. The van der Waals surface area contributed by atoms with Crippen LogP contribution in [0.25, 0.3) is 0 Å². The molecule has 0 heterocycles. The van der Waals surface area contributed by atoms with E-state index in [0.717, 1.165) is 38.5 Å². The summed E-state index contributed by atoms with van der Waals surface area (Å²) in [5.74, 6) is -2.35. The second-order valence-corrected chi connectivity index (χ2v) is 20.9. The monoisotopic (exact) mass is 972 g/mol. The minimum absolute atomic E-state index is 0.166. The molecule has 0 fully saturated rings. The molecule has 0 bridgehead atoms. The number of carboxylic acid groups (broad SMARTS) is 1. The Hall–Kier alpha value is -1.78. The Balaban J connectivity index is 4.14. The number of carbonyl (C=O) groups is 3. The van der Waals surface area contributed by atoms with E-state index in [1.165, 1.54) is 212 Å². The first-order chi connectivity index (χ1) is 32.6. The zero-order valence-electron chi connectivity index (χ0n) is 43.5. The van der Waals surface area contributed by atoms with Gasteiger partial charge in [-0.1, -0.05) is 251 Å². The van der Waals surface area contributed by atoms with Crippen LogP contribution in [0.3, 0.4) is 0 Å². The molecule has 0 rings (SSSR count). The van der Waals surface area contributed by atoms with Crippen molar-refractivity contribution in [1.82, 2.24) is 0 Å². The third kappa shape index (κ3) is 50.4. The van der Waals surface area contributed by atoms with Crippen LogP contribution in [0.5, 0.6) is 0 Å². The molecule has 0 radical (unpaired) electrons. The minimum atomic E-state index is -4.72. The molecule has 0 aliphatic heterocycles. The van der Waals surface area contributed by atoms with Gasteiger partial charge in [-0.2, -0.15) is 0 Å². The Morgan fingerprint density at radius 3 is 1.09 bits per heavy atom. The van der Waals surface area contributed by atoms with E-state index >= 15 is 0 Å². The molecule has 0 aromatic carbocycles. The first-order valence-corrected chi connectivity index (χ1v) is 29.7. The first-order valence-electron chi connectivity index (χ1n) is 28.2. The van der Waals surface area contributed by atoms with E-state index in [1.54, 1.807) is 0 Å². The minimum Gasteiger partial charge on any atom is -0.480 e. The molecular formula is C55H106NO10P. The molecule has 0 spiro atoms. The van der Waals surface area contributed by atoms with E-state index in [0.29, 0.717) is 12.8 Å². The van der Waals surface area contributed by atoms with Gasteiger partial charge in [0.2, 0.25) is 0 Å². The highest BCUT2D eigenvalue weighted by Gasteiger charge is 2.28. The molecule has 4 N–H and O–H groups in total. The zero-order chi connectivity index (χ0) is 49.2. The summed E-state index contributed by atoms with van der Waals surface area (Å²) in [4.78, 5) is 46.3. The van der Waals surface area contributed by atoms with Crippen molar-refractivity contribution in [1.29, 1.82) is 0 Å². The molecular weight excluding hydrogens is 866 g/mol. The van der Waals surface area contributed by atoms with Gasteiger partial charge in [0, 0.05) is 12.8 Å². The number of phosphoric acid groups is 1. The quantitative estimate of drug-likeness (QED) is 0.0229. The molecule has 0 aromatic rings. The van der Waals surface area contributed by atoms with Crippen molar-refractivity contribution >= 4 is 25.7 Å². The number of carbonyl (C=O) groups excluding carboxylic acids is 2. The van der Waals surface area contributed by atoms with Gasteiger partial charge in [0.05, 0.1) is 13.2 Å². The van der Waals surface area contributed by atoms with Crippen molar-refractivity contribution in [3.05, 3.63) is 12.2 Å². The van der Waals surface area contributed by atoms with Gasteiger partial charge in [0.15, 0.2) is 6.10 Å². The number of hydrogen-bond donors (Lipinski definition) is 3. The lowest BCUT2D eigenvalue weighted by Crippen LogP contribution is -2.34. The molecule has 67 heavy (non-hydrogen) atoms. The summed E-state index contributed by atoms with van der Waals surface area (Å²) in [7, 11) is -4.72. The van der Waals surface area contributed by atoms with Gasteiger partial charge in [0.25, 0.3) is 0 Å². The predicted octanol–water partition coefficient (Wildman–Crippen LogP) is 16.4. The van der Waals surface area contributed by atoms with Crippen LogP contribution in [0.4, 0.5) is 0 Å². The Bertz CT molecular complexity index is 1190. The maximum absolute atomic E-state index is 12.7. The van der Waals surface area contributed by atoms with E-state index in [1.807, 2.05) is 0 Å². The van der Waals surface area contributed by atoms with Crippen LogP contribution >= 0.6 is 7.82 Å². The van der Waals surface area contributed by atoms with Crippen LogP contribution in [0.15, 0.2) is 12.2 Å². The van der Waals surface area contributed by atoms with E-state index in [9.17, 15) is 23.8 Å². The van der Waals surface area contributed by atoms with Gasteiger partial charge in [-0.15, -0.1) is 0 Å². The Morgan fingerprint density at radius 1 is 0.448 bits per heavy atom. The fraction of sp³-hybridized carbons (Fsp3) is 0.909. The molecule has 396 valence electrons. The van der Waals surface area contributed by atoms with Gasteiger partial charge in [-0.25, -0.2) is 4.57 Å². The molecule has 0 amide bonds. The lowest BCUT2D eigenvalue weighted by atomic mass is 10.0. The zero-order valence-corrected chi connectivity index (χ0v) is 44.4. The van der Waals surface area contributed by atoms with E-state index in [-0.39, 0.29) is 19.4 Å². The third-order valence-electron chi connectivity index (χ3n) is 12.8. The van der Waals surface area contributed by atoms with Gasteiger partial charge in [-0.3, -0.25) is 23.4 Å². The molecule has 12 heteroatoms. The van der Waals surface area contributed by atoms with Crippen LogP contribution in [0.2, 0.25) is 0 Å². The van der Waals surface area contributed by atoms with Gasteiger partial charge in [0.1, 0.15) is 12.6 Å². The van der Waals surface area contributed by atoms with Crippen molar-refractivity contribution in [2.75, 3.05) is 19.8 Å². The number of nitrogens with two attached hydrogens (primary N) is 1. The molecule has 11 nitrogen and oxygen atoms in total. The fourth-order valence-corrected chi connectivity index (χ4v) is 9.14. The molecule has 0 saturated heterocycles. The average Bonchev–Trinajstić information content (AvgIpc) is 3.31. The number of carboxylic acids is 1. The lowest BCUT2D eigenvalue weighted by Gasteiger charge is -2.20. The molecule has 0 aliphatic carbocycles. The van der Waals surface area contributed by atoms with Gasteiger partial charge >= 0.3 is 25.7 Å². The van der Waals surface area contributed by atoms with Crippen molar-refractivity contribution in [2.45, 2.75) is 302 Å². The second kappa shape index (κ2) is 50.6. The fourth-order valence-electron chi connectivity index (χ4n) is 8.36. The van der Waals surface area contributed by atoms with Crippen molar-refractivity contribution in [2.24, 2.45) is 5.73 Å². The number of unbranched alkanes of at least 4 members (excludes halogenated alkanes) is 38. The average molecular weight is 972 g/mol. The molecule has 0 aromatic heterocycles. The largest absolute Gasteiger partial charge is 0.480 e. The second-order valence-electron chi connectivity index (χ2n) is 19.4. The summed E-state index contributed by atoms with van der Waals surface area (Å²) in [6.45, 7) is 2.88. The smallest absolute Gasteiger partial charge is 0.472 e. The highest BCUT2D eigenvalue weighted by Crippen LogP contribution is 2.43. The lowest BCUT2D eigenvalue weighted by molar-refractivity contribution is -0.161. The Morgan fingerprint density at radius 2 is 0.746 bits per heavy atom. The number of hydrogen-bond acceptors (Lipinski definition) is 9. The number of ether oxygens (including phenoxy) is 2. The molecule has 3 unspecified atom stereocenters. The van der Waals surface area contributed by atoms with E-state index in [4.69, 9.17) is 29.4 Å². The maximum Gasteiger partial charge on any atom is 0.472 e. The highest BCUT2D eigenvalue weighted by molar-refractivity contribution is 7.47. The summed E-state index contributed by atoms with van der Waals surface area (Å²) in [6, 6.07) is -1.52. The summed E-state index contributed by atoms with van der Waals surface area (Å²) in [6.07, 6.45) is 55.6. The first kappa shape index (κ1) is 65.2. The normalized spacial score (nSPS) is 13.5. The van der Waals surface area contributed by atoms with Gasteiger partial charge < -0.3 is 25.2 Å². The summed E-state index contributed by atoms with van der Waals surface area (Å²) >= 11 is 0. The van der Waals surface area contributed by atoms with Crippen molar-refractivity contribution < 1.29 is 47.5 Å². The topological polar surface area (TPSA) is 172 Å². The van der Waals surface area contributed by atoms with Crippen LogP contribution in [0, 0.1) is 0 Å². The number of allylic oxidation sites excluding steroid dienone is 2. The SMILES string of the molecule is CCCCCCCCCC/C=C\CCCCCCCCCCCCCC(=O)OC(COC(=O)CCCCCCCCCCCCCCCCCCCCCC)COP(=O)(O)OCC(N)C(=O)O. The highest BCUT2D eigenvalue weighted by atomic mass is 31.2. The number of rotatable bonds is 54. The number of esters is 2. The predicted molar refractivity (Wildman–Crippen MR) is 277 cm³/mol. The Kier molecular flexibility index (Phi) is 49.3. The summed E-state index contributed by atoms with van der Waals surface area (Å²) in [5.41, 5.74) is 5.36. The van der Waals surface area contributed by atoms with Crippen LogP contribution < -0.4 is 5.73 Å². The van der Waals surface area contributed by atoms with Crippen LogP contribution in [-0.4, -0.2) is 59.9 Å². The summed E-state index contributed by atoms with van der Waals surface area (Å²) in [5, 5.41) is 8.94. The van der Waals surface area contributed by atoms with E-state index < -0.39 is 51.1 Å². The van der Waals surface area contributed by atoms with E-state index in [2.05, 4.69) is 26.0 Å². The molecule has 3 atom stereocenters. The molecule has 0 aliphatic rings. The van der Waals surface area contributed by atoms with Crippen LogP contribution in [-0.2, 0) is 37.5 Å². The Labute approximate surface area is 411 Å². The standard InChI is InChI=1S/C55H106NO10P/c1-3-5-7-9-11-13-15-17-19-21-23-25-26-27-29-31-33-35-37-39-41-43-45-47-54(58)66-51(49-64-67(61,62)65-50-52(56)55(59)60)48-63-53(57)46-44-42-40-38-36-34-32-30-28-24-22-20-18-16-14-12-10-8-6-4-2/h21,23,51-52H,3-20,22,24-50,56H2,1-2H3,(H,59,60)(H,61,62)/b23-21-. The van der Waals surface area contributed by atoms with Crippen LogP contribution in [0.1, 0.15) is 290 Å². The number of phosphoric ester groups is 1. The molecule has 0 saturated carbocycles. The van der Waals surface area contributed by atoms with Crippen molar-refractivity contribution in [3.8, 4) is 0 Å². The van der Waals surface area contributed by atoms with Crippen molar-refractivity contribution in [3.63, 3.8) is 0 Å². The van der Waals surface area contributed by atoms with Gasteiger partial charge in [-0.05, 0) is 38.5 Å².